The van der Waals surface area contributed by atoms with E-state index in [-0.39, 0.29) is 28.7 Å². The van der Waals surface area contributed by atoms with Crippen LogP contribution in [0.1, 0.15) is 49.2 Å². The minimum Gasteiger partial charge on any atom is -0.493 e. The number of nitrogens with one attached hydrogen (secondary N) is 2. The van der Waals surface area contributed by atoms with Gasteiger partial charge >= 0.3 is 6.61 Å². The van der Waals surface area contributed by atoms with Gasteiger partial charge in [0.15, 0.2) is 11.5 Å². The van der Waals surface area contributed by atoms with Crippen molar-refractivity contribution < 1.29 is 27.8 Å². The highest BCUT2D eigenvalue weighted by Crippen LogP contribution is 2.29. The molecule has 0 aliphatic rings. The van der Waals surface area contributed by atoms with E-state index in [2.05, 4.69) is 36.1 Å². The Bertz CT molecular complexity index is 925. The SMILES string of the molecule is COc1cc(CCNC(=O)C(C)NC(=O)c2ccc(C(C)(C)C)cc2)ccc1OC(F)F. The third-order valence-corrected chi connectivity index (χ3v) is 4.91. The van der Waals surface area contributed by atoms with Gasteiger partial charge in [0, 0.05) is 12.1 Å². The van der Waals surface area contributed by atoms with Crippen LogP contribution in [-0.2, 0) is 16.6 Å². The van der Waals surface area contributed by atoms with Crippen molar-refractivity contribution >= 4 is 11.8 Å². The molecule has 2 aromatic rings. The Morgan fingerprint density at radius 1 is 1.03 bits per heavy atom. The van der Waals surface area contributed by atoms with Crippen molar-refractivity contribution in [1.82, 2.24) is 10.6 Å². The van der Waals surface area contributed by atoms with Crippen LogP contribution in [0, 0.1) is 0 Å². The van der Waals surface area contributed by atoms with Crippen molar-refractivity contribution in [3.05, 3.63) is 59.2 Å². The first-order valence-electron chi connectivity index (χ1n) is 10.3. The average Bonchev–Trinajstić information content (AvgIpc) is 2.73. The lowest BCUT2D eigenvalue weighted by Gasteiger charge is -2.19. The first-order chi connectivity index (χ1) is 15.0. The van der Waals surface area contributed by atoms with Crippen LogP contribution in [0.25, 0.3) is 0 Å². The number of methoxy groups -OCH3 is 1. The molecule has 0 fully saturated rings. The zero-order chi connectivity index (χ0) is 23.9. The van der Waals surface area contributed by atoms with Gasteiger partial charge in [0.1, 0.15) is 6.04 Å². The number of alkyl halides is 2. The summed E-state index contributed by atoms with van der Waals surface area (Å²) in [4.78, 5) is 24.8. The van der Waals surface area contributed by atoms with E-state index in [1.807, 2.05) is 12.1 Å². The zero-order valence-electron chi connectivity index (χ0n) is 19.0. The van der Waals surface area contributed by atoms with Gasteiger partial charge in [-0.05, 0) is 54.2 Å². The fourth-order valence-electron chi connectivity index (χ4n) is 3.01. The van der Waals surface area contributed by atoms with Gasteiger partial charge in [-0.3, -0.25) is 9.59 Å². The lowest BCUT2D eigenvalue weighted by Crippen LogP contribution is -2.45. The highest BCUT2D eigenvalue weighted by molar-refractivity contribution is 5.97. The molecule has 0 aliphatic heterocycles. The Kier molecular flexibility index (Phi) is 8.57. The van der Waals surface area contributed by atoms with Crippen molar-refractivity contribution in [3.8, 4) is 11.5 Å². The number of amides is 2. The van der Waals surface area contributed by atoms with E-state index >= 15 is 0 Å². The highest BCUT2D eigenvalue weighted by atomic mass is 19.3. The largest absolute Gasteiger partial charge is 0.493 e. The molecule has 0 aromatic heterocycles. The summed E-state index contributed by atoms with van der Waals surface area (Å²) in [6, 6.07) is 11.2. The Morgan fingerprint density at radius 3 is 2.25 bits per heavy atom. The maximum absolute atomic E-state index is 12.4. The van der Waals surface area contributed by atoms with E-state index in [1.165, 1.54) is 13.2 Å². The van der Waals surface area contributed by atoms with Crippen molar-refractivity contribution in [3.63, 3.8) is 0 Å². The maximum atomic E-state index is 12.4. The van der Waals surface area contributed by atoms with Gasteiger partial charge in [-0.1, -0.05) is 39.0 Å². The zero-order valence-corrected chi connectivity index (χ0v) is 19.0. The predicted molar refractivity (Wildman–Crippen MR) is 118 cm³/mol. The van der Waals surface area contributed by atoms with E-state index in [1.54, 1.807) is 31.2 Å². The van der Waals surface area contributed by atoms with Gasteiger partial charge in [-0.15, -0.1) is 0 Å². The number of carbonyl (C=O) groups is 2. The lowest BCUT2D eigenvalue weighted by atomic mass is 9.86. The molecule has 0 saturated carbocycles. The molecule has 2 amide bonds. The Morgan fingerprint density at radius 2 is 1.69 bits per heavy atom. The quantitative estimate of drug-likeness (QED) is 0.606. The summed E-state index contributed by atoms with van der Waals surface area (Å²) in [5, 5.41) is 5.44. The molecule has 1 atom stereocenters. The second-order valence-electron chi connectivity index (χ2n) is 8.43. The fourth-order valence-corrected chi connectivity index (χ4v) is 3.01. The average molecular weight is 449 g/mol. The molecular weight excluding hydrogens is 418 g/mol. The van der Waals surface area contributed by atoms with Crippen LogP contribution >= 0.6 is 0 Å². The van der Waals surface area contributed by atoms with Gasteiger partial charge in [-0.25, -0.2) is 0 Å². The summed E-state index contributed by atoms with van der Waals surface area (Å²) >= 11 is 0. The van der Waals surface area contributed by atoms with Crippen LogP contribution in [0.15, 0.2) is 42.5 Å². The molecule has 0 bridgehead atoms. The molecule has 2 aromatic carbocycles. The minimum absolute atomic E-state index is 0.0114. The molecule has 1 unspecified atom stereocenters. The Labute approximate surface area is 187 Å². The van der Waals surface area contributed by atoms with Gasteiger partial charge in [-0.2, -0.15) is 8.78 Å². The van der Waals surface area contributed by atoms with Crippen LogP contribution in [-0.4, -0.2) is 38.1 Å². The topological polar surface area (TPSA) is 76.7 Å². The normalized spacial score (nSPS) is 12.2. The van der Waals surface area contributed by atoms with Crippen LogP contribution in [0.4, 0.5) is 8.78 Å². The number of halogens is 2. The molecule has 174 valence electrons. The van der Waals surface area contributed by atoms with Gasteiger partial charge < -0.3 is 20.1 Å². The van der Waals surface area contributed by atoms with E-state index < -0.39 is 12.7 Å². The minimum atomic E-state index is -2.94. The summed E-state index contributed by atoms with van der Waals surface area (Å²) < 4.78 is 34.3. The summed E-state index contributed by atoms with van der Waals surface area (Å²) in [5.41, 5.74) is 2.36. The molecule has 0 radical (unpaired) electrons. The summed E-state index contributed by atoms with van der Waals surface area (Å²) in [6.45, 7) is 5.25. The smallest absolute Gasteiger partial charge is 0.387 e. The van der Waals surface area contributed by atoms with Crippen LogP contribution in [0.2, 0.25) is 0 Å². The molecule has 0 spiro atoms. The maximum Gasteiger partial charge on any atom is 0.387 e. The number of ether oxygens (including phenoxy) is 2. The Hall–Kier alpha value is -3.16. The molecule has 0 saturated heterocycles. The van der Waals surface area contributed by atoms with Crippen molar-refractivity contribution in [1.29, 1.82) is 0 Å². The number of hydrogen-bond acceptors (Lipinski definition) is 4. The van der Waals surface area contributed by atoms with Crippen LogP contribution in [0.5, 0.6) is 11.5 Å². The van der Waals surface area contributed by atoms with E-state index in [0.29, 0.717) is 18.5 Å². The molecule has 8 heteroatoms. The molecule has 6 nitrogen and oxygen atoms in total. The number of hydrogen-bond donors (Lipinski definition) is 2. The molecule has 2 N–H and O–H groups in total. The van der Waals surface area contributed by atoms with Gasteiger partial charge in [0.05, 0.1) is 7.11 Å². The van der Waals surface area contributed by atoms with E-state index in [9.17, 15) is 18.4 Å². The van der Waals surface area contributed by atoms with Crippen molar-refractivity contribution in [2.45, 2.75) is 52.2 Å². The third kappa shape index (κ3) is 7.21. The standard InChI is InChI=1S/C24H30F2N2O4/c1-15(28-22(30)17-7-9-18(10-8-17)24(2,3)4)21(29)27-13-12-16-6-11-19(32-23(25)26)20(14-16)31-5/h6-11,14-15,23H,12-13H2,1-5H3,(H,27,29)(H,28,30). The van der Waals surface area contributed by atoms with E-state index in [4.69, 9.17) is 4.74 Å². The van der Waals surface area contributed by atoms with Crippen molar-refractivity contribution in [2.75, 3.05) is 13.7 Å². The Balaban J connectivity index is 1.86. The molecule has 2 rings (SSSR count). The summed E-state index contributed by atoms with van der Waals surface area (Å²) in [6.07, 6.45) is 0.450. The van der Waals surface area contributed by atoms with E-state index in [0.717, 1.165) is 11.1 Å². The predicted octanol–water partition coefficient (Wildman–Crippen LogP) is 4.07. The van der Waals surface area contributed by atoms with Gasteiger partial charge in [0.2, 0.25) is 5.91 Å². The van der Waals surface area contributed by atoms with Crippen LogP contribution < -0.4 is 20.1 Å². The number of carbonyl (C=O) groups excluding carboxylic acids is 2. The first kappa shape index (κ1) is 25.1. The van der Waals surface area contributed by atoms with Crippen molar-refractivity contribution in [2.24, 2.45) is 0 Å². The first-order valence-corrected chi connectivity index (χ1v) is 10.3. The highest BCUT2D eigenvalue weighted by Gasteiger charge is 2.18. The van der Waals surface area contributed by atoms with Gasteiger partial charge in [0.25, 0.3) is 5.91 Å². The monoisotopic (exact) mass is 448 g/mol. The number of benzene rings is 2. The summed E-state index contributed by atoms with van der Waals surface area (Å²) in [7, 11) is 1.36. The molecule has 0 heterocycles. The molecule has 32 heavy (non-hydrogen) atoms. The second-order valence-corrected chi connectivity index (χ2v) is 8.43. The second kappa shape index (κ2) is 10.9. The summed E-state index contributed by atoms with van der Waals surface area (Å²) in [5.74, 6) is -0.517. The molecular formula is C24H30F2N2O4. The number of rotatable bonds is 9. The fraction of sp³-hybridized carbons (Fsp3) is 0.417. The third-order valence-electron chi connectivity index (χ3n) is 4.91. The lowest BCUT2D eigenvalue weighted by molar-refractivity contribution is -0.122. The molecule has 0 aliphatic carbocycles. The van der Waals surface area contributed by atoms with Crippen LogP contribution in [0.3, 0.4) is 0 Å².